The third-order valence-corrected chi connectivity index (χ3v) is 3.44. The quantitative estimate of drug-likeness (QED) is 0.686. The summed E-state index contributed by atoms with van der Waals surface area (Å²) < 4.78 is 0. The Kier molecular flexibility index (Phi) is 3.36. The second-order valence-electron chi connectivity index (χ2n) is 4.32. The summed E-state index contributed by atoms with van der Waals surface area (Å²) in [5.41, 5.74) is 7.18. The molecular weight excluding hydrogens is 288 g/mol. The number of rotatable bonds is 3. The van der Waals surface area contributed by atoms with Crippen molar-refractivity contribution in [2.24, 2.45) is 0 Å². The van der Waals surface area contributed by atoms with E-state index >= 15 is 0 Å². The number of aromatic nitrogens is 4. The molecule has 3 rings (SSSR count). The molecule has 3 aromatic rings. The van der Waals surface area contributed by atoms with Crippen LogP contribution < -0.4 is 11.1 Å². The number of nitrogens with one attached hydrogen (secondary N) is 2. The van der Waals surface area contributed by atoms with Gasteiger partial charge in [-0.1, -0.05) is 12.1 Å². The van der Waals surface area contributed by atoms with E-state index in [2.05, 4.69) is 25.5 Å². The van der Waals surface area contributed by atoms with Gasteiger partial charge in [-0.05, 0) is 19.1 Å². The van der Waals surface area contributed by atoms with Gasteiger partial charge in [-0.3, -0.25) is 9.89 Å². The normalized spacial score (nSPS) is 10.5. The maximum Gasteiger partial charge on any atom is 0.275 e. The molecule has 0 aliphatic heterocycles. The summed E-state index contributed by atoms with van der Waals surface area (Å²) in [6.07, 6.45) is 0. The lowest BCUT2D eigenvalue weighted by atomic mass is 10.1. The monoisotopic (exact) mass is 300 g/mol. The lowest BCUT2D eigenvalue weighted by Gasteiger charge is -2.07. The maximum atomic E-state index is 12.1. The minimum Gasteiger partial charge on any atom is -0.375 e. The summed E-state index contributed by atoms with van der Waals surface area (Å²) in [5, 5.41) is 11.7. The van der Waals surface area contributed by atoms with E-state index in [-0.39, 0.29) is 5.91 Å². The van der Waals surface area contributed by atoms with Gasteiger partial charge in [0.2, 0.25) is 0 Å². The van der Waals surface area contributed by atoms with Gasteiger partial charge < -0.3 is 11.1 Å². The number of anilines is 2. The van der Waals surface area contributed by atoms with Crippen LogP contribution in [-0.4, -0.2) is 26.1 Å². The number of nitrogens with two attached hydrogens (primary N) is 1. The summed E-state index contributed by atoms with van der Waals surface area (Å²) in [4.78, 5) is 20.4. The predicted octanol–water partition coefficient (Wildman–Crippen LogP) is 2.07. The molecule has 106 valence electrons. The molecule has 0 radical (unpaired) electrons. The Morgan fingerprint density at radius 2 is 2.14 bits per heavy atom. The van der Waals surface area contributed by atoms with E-state index in [1.54, 1.807) is 11.4 Å². The highest BCUT2D eigenvalue weighted by Gasteiger charge is 2.14. The highest BCUT2D eigenvalue weighted by atomic mass is 32.1. The van der Waals surface area contributed by atoms with Crippen LogP contribution in [0.5, 0.6) is 0 Å². The fourth-order valence-electron chi connectivity index (χ4n) is 1.83. The van der Waals surface area contributed by atoms with Crippen LogP contribution in [0, 0.1) is 6.92 Å². The zero-order chi connectivity index (χ0) is 14.8. The zero-order valence-electron chi connectivity index (χ0n) is 11.1. The van der Waals surface area contributed by atoms with E-state index in [1.807, 2.05) is 25.1 Å². The van der Waals surface area contributed by atoms with Crippen LogP contribution in [0.25, 0.3) is 11.4 Å². The Morgan fingerprint density at radius 1 is 1.33 bits per heavy atom. The van der Waals surface area contributed by atoms with Gasteiger partial charge in [0.1, 0.15) is 11.5 Å². The van der Waals surface area contributed by atoms with Crippen molar-refractivity contribution in [2.45, 2.75) is 6.92 Å². The van der Waals surface area contributed by atoms with E-state index in [4.69, 9.17) is 5.73 Å². The summed E-state index contributed by atoms with van der Waals surface area (Å²) in [5.74, 6) is 0.919. The Hall–Kier alpha value is -2.74. The summed E-state index contributed by atoms with van der Waals surface area (Å²) >= 11 is 1.22. The minimum absolute atomic E-state index is 0.290. The van der Waals surface area contributed by atoms with Gasteiger partial charge >= 0.3 is 0 Å². The number of H-pyrrole nitrogens is 1. The molecule has 0 aliphatic rings. The van der Waals surface area contributed by atoms with Gasteiger partial charge in [0.25, 0.3) is 5.91 Å². The van der Waals surface area contributed by atoms with Crippen LogP contribution in [0.3, 0.4) is 0 Å². The molecule has 2 heterocycles. The van der Waals surface area contributed by atoms with Crippen molar-refractivity contribution < 1.29 is 4.79 Å². The van der Waals surface area contributed by atoms with Crippen molar-refractivity contribution in [1.82, 2.24) is 20.2 Å². The van der Waals surface area contributed by atoms with Crippen LogP contribution in [0.2, 0.25) is 0 Å². The van der Waals surface area contributed by atoms with Crippen molar-refractivity contribution in [3.63, 3.8) is 0 Å². The fraction of sp³-hybridized carbons (Fsp3) is 0.0769. The number of thiazole rings is 1. The van der Waals surface area contributed by atoms with Crippen molar-refractivity contribution >= 4 is 28.1 Å². The van der Waals surface area contributed by atoms with Crippen LogP contribution >= 0.6 is 11.3 Å². The average molecular weight is 300 g/mol. The molecule has 0 bridgehead atoms. The van der Waals surface area contributed by atoms with Gasteiger partial charge in [0.15, 0.2) is 11.0 Å². The fourth-order valence-corrected chi connectivity index (χ4v) is 2.37. The number of aryl methyl sites for hydroxylation is 1. The van der Waals surface area contributed by atoms with Crippen LogP contribution in [0.15, 0.2) is 29.6 Å². The Morgan fingerprint density at radius 3 is 2.81 bits per heavy atom. The standard InChI is InChI=1S/C13H12N6OS/c1-7-15-11(19-18-7)8-4-2-3-5-9(8)16-12(20)10-6-21-13(14)17-10/h2-6H,1H3,(H2,14,17)(H,16,20)(H,15,18,19). The summed E-state index contributed by atoms with van der Waals surface area (Å²) in [6.45, 7) is 1.82. The smallest absolute Gasteiger partial charge is 0.275 e. The Labute approximate surface area is 124 Å². The van der Waals surface area contributed by atoms with Crippen molar-refractivity contribution in [3.8, 4) is 11.4 Å². The number of hydrogen-bond acceptors (Lipinski definition) is 6. The van der Waals surface area contributed by atoms with E-state index in [9.17, 15) is 4.79 Å². The first-order valence-electron chi connectivity index (χ1n) is 6.14. The molecule has 0 saturated heterocycles. The largest absolute Gasteiger partial charge is 0.375 e. The zero-order valence-corrected chi connectivity index (χ0v) is 11.9. The van der Waals surface area contributed by atoms with Crippen LogP contribution in [-0.2, 0) is 0 Å². The lowest BCUT2D eigenvalue weighted by Crippen LogP contribution is -2.13. The maximum absolute atomic E-state index is 12.1. The first-order valence-corrected chi connectivity index (χ1v) is 7.02. The van der Waals surface area contributed by atoms with Crippen LogP contribution in [0.1, 0.15) is 16.3 Å². The van der Waals surface area contributed by atoms with Crippen molar-refractivity contribution in [3.05, 3.63) is 41.2 Å². The molecule has 21 heavy (non-hydrogen) atoms. The number of nitrogen functional groups attached to an aromatic ring is 1. The molecule has 0 unspecified atom stereocenters. The number of carbonyl (C=O) groups is 1. The third kappa shape index (κ3) is 2.75. The molecular formula is C13H12N6OS. The lowest BCUT2D eigenvalue weighted by molar-refractivity contribution is 0.102. The number of hydrogen-bond donors (Lipinski definition) is 3. The minimum atomic E-state index is -0.317. The molecule has 2 aromatic heterocycles. The molecule has 0 saturated carbocycles. The molecule has 4 N–H and O–H groups in total. The number of aromatic amines is 1. The Balaban J connectivity index is 1.91. The van der Waals surface area contributed by atoms with Crippen LogP contribution in [0.4, 0.5) is 10.8 Å². The van der Waals surface area contributed by atoms with Gasteiger partial charge in [0.05, 0.1) is 5.69 Å². The highest BCUT2D eigenvalue weighted by molar-refractivity contribution is 7.13. The molecule has 8 heteroatoms. The summed E-state index contributed by atoms with van der Waals surface area (Å²) in [6, 6.07) is 7.31. The van der Waals surface area contributed by atoms with Crippen molar-refractivity contribution in [2.75, 3.05) is 11.1 Å². The molecule has 0 spiro atoms. The number of nitrogens with zero attached hydrogens (tertiary/aromatic N) is 3. The SMILES string of the molecule is Cc1nc(-c2ccccc2NC(=O)c2csc(N)n2)n[nH]1. The molecule has 0 fully saturated rings. The van der Waals surface area contributed by atoms with Gasteiger partial charge in [-0.15, -0.1) is 11.3 Å². The number of benzene rings is 1. The summed E-state index contributed by atoms with van der Waals surface area (Å²) in [7, 11) is 0. The third-order valence-electron chi connectivity index (χ3n) is 2.77. The number of para-hydroxylation sites is 1. The van der Waals surface area contributed by atoms with E-state index < -0.39 is 0 Å². The van der Waals surface area contributed by atoms with E-state index in [0.29, 0.717) is 28.2 Å². The number of carbonyl (C=O) groups excluding carboxylic acids is 1. The Bertz CT molecular complexity index is 793. The first kappa shape index (κ1) is 13.3. The molecule has 1 aromatic carbocycles. The second kappa shape index (κ2) is 5.33. The van der Waals surface area contributed by atoms with Gasteiger partial charge in [0, 0.05) is 10.9 Å². The van der Waals surface area contributed by atoms with Crippen molar-refractivity contribution in [1.29, 1.82) is 0 Å². The van der Waals surface area contributed by atoms with Gasteiger partial charge in [-0.25, -0.2) is 9.97 Å². The molecule has 0 atom stereocenters. The molecule has 1 amide bonds. The predicted molar refractivity (Wildman–Crippen MR) is 81.0 cm³/mol. The van der Waals surface area contributed by atoms with Gasteiger partial charge in [-0.2, -0.15) is 5.10 Å². The van der Waals surface area contributed by atoms with E-state index in [1.165, 1.54) is 11.3 Å². The van der Waals surface area contributed by atoms with E-state index in [0.717, 1.165) is 5.56 Å². The topological polar surface area (TPSA) is 110 Å². The molecule has 0 aliphatic carbocycles. The first-order chi connectivity index (χ1) is 10.1. The average Bonchev–Trinajstić information content (AvgIpc) is 3.08. The second-order valence-corrected chi connectivity index (χ2v) is 5.20. The number of amides is 1. The molecule has 7 nitrogen and oxygen atoms in total. The highest BCUT2D eigenvalue weighted by Crippen LogP contribution is 2.25.